The largest absolute Gasteiger partial charge is 0.480 e. The average Bonchev–Trinajstić information content (AvgIpc) is 2.95. The Morgan fingerprint density at radius 3 is 2.33 bits per heavy atom. The molecular weight excluding hydrogens is 389 g/mol. The van der Waals surface area contributed by atoms with Gasteiger partial charge >= 0.3 is 5.97 Å². The quantitative estimate of drug-likeness (QED) is 0.751. The maximum atomic E-state index is 13.3. The molecule has 7 heteroatoms. The summed E-state index contributed by atoms with van der Waals surface area (Å²) in [6.07, 6.45) is 3.04. The molecule has 1 aromatic rings. The molecule has 148 valence electrons. The molecule has 0 radical (unpaired) electrons. The number of hydrogen-bond acceptors (Lipinski definition) is 3. The maximum Gasteiger partial charge on any atom is 0.328 e. The highest BCUT2D eigenvalue weighted by molar-refractivity contribution is 6.42. The van der Waals surface area contributed by atoms with E-state index in [0.717, 1.165) is 12.8 Å². The van der Waals surface area contributed by atoms with Gasteiger partial charge in [0.05, 0.1) is 16.7 Å². The lowest BCUT2D eigenvalue weighted by atomic mass is 9.70. The lowest BCUT2D eigenvalue weighted by Gasteiger charge is -2.46. The van der Waals surface area contributed by atoms with Crippen LogP contribution >= 0.6 is 23.2 Å². The van der Waals surface area contributed by atoms with E-state index in [-0.39, 0.29) is 23.0 Å². The summed E-state index contributed by atoms with van der Waals surface area (Å²) in [5.74, 6) is -0.927. The Bertz CT molecular complexity index is 751. The number of benzene rings is 1. The van der Waals surface area contributed by atoms with Gasteiger partial charge in [0, 0.05) is 5.56 Å². The van der Waals surface area contributed by atoms with Gasteiger partial charge in [-0.3, -0.25) is 9.69 Å². The number of nitrogens with zero attached hydrogens (tertiary/aromatic N) is 1. The van der Waals surface area contributed by atoms with Gasteiger partial charge in [0.25, 0.3) is 5.91 Å². The molecule has 1 saturated heterocycles. The number of carbonyl (C=O) groups is 2. The zero-order chi connectivity index (χ0) is 20.0. The Hall–Kier alpha value is -1.30. The molecule has 1 atom stereocenters. The Balaban J connectivity index is 1.91. The molecule has 1 amide bonds. The highest BCUT2D eigenvalue weighted by Crippen LogP contribution is 2.47. The molecule has 2 fully saturated rings. The van der Waals surface area contributed by atoms with Crippen molar-refractivity contribution in [2.45, 2.75) is 58.2 Å². The molecule has 2 aliphatic rings. The summed E-state index contributed by atoms with van der Waals surface area (Å²) in [6, 6.07) is 3.60. The predicted octanol–water partition coefficient (Wildman–Crippen LogP) is 4.85. The fraction of sp³-hybridized carbons (Fsp3) is 0.600. The highest BCUT2D eigenvalue weighted by atomic mass is 35.5. The van der Waals surface area contributed by atoms with E-state index in [1.54, 1.807) is 12.1 Å². The van der Waals surface area contributed by atoms with Crippen LogP contribution in [-0.4, -0.2) is 40.3 Å². The predicted molar refractivity (Wildman–Crippen MR) is 104 cm³/mol. The first-order valence-corrected chi connectivity index (χ1v) is 9.96. The monoisotopic (exact) mass is 413 g/mol. The first kappa shape index (κ1) is 20.4. The van der Waals surface area contributed by atoms with Gasteiger partial charge in [-0.05, 0) is 55.2 Å². The van der Waals surface area contributed by atoms with Crippen molar-refractivity contribution in [1.29, 1.82) is 0 Å². The van der Waals surface area contributed by atoms with Crippen LogP contribution in [-0.2, 0) is 9.53 Å². The summed E-state index contributed by atoms with van der Waals surface area (Å²) in [5.41, 5.74) is -0.377. The van der Waals surface area contributed by atoms with Crippen LogP contribution in [0.1, 0.15) is 56.8 Å². The van der Waals surface area contributed by atoms with Crippen LogP contribution in [0.2, 0.25) is 10.0 Å². The molecule has 0 aromatic heterocycles. The van der Waals surface area contributed by atoms with Crippen molar-refractivity contribution in [1.82, 2.24) is 4.90 Å². The van der Waals surface area contributed by atoms with E-state index >= 15 is 0 Å². The van der Waals surface area contributed by atoms with E-state index in [1.807, 2.05) is 0 Å². The van der Waals surface area contributed by atoms with Gasteiger partial charge in [0.15, 0.2) is 6.04 Å². The van der Waals surface area contributed by atoms with Gasteiger partial charge in [-0.2, -0.15) is 0 Å². The van der Waals surface area contributed by atoms with Crippen LogP contribution in [0.15, 0.2) is 18.2 Å². The molecule has 3 rings (SSSR count). The molecule has 1 heterocycles. The Kier molecular flexibility index (Phi) is 5.50. The molecule has 1 N–H and O–H groups in total. The zero-order valence-electron chi connectivity index (χ0n) is 15.8. The van der Waals surface area contributed by atoms with E-state index in [1.165, 1.54) is 11.0 Å². The fourth-order valence-corrected chi connectivity index (χ4v) is 4.56. The summed E-state index contributed by atoms with van der Waals surface area (Å²) in [6.45, 7) is 6.64. The van der Waals surface area contributed by atoms with Gasteiger partial charge < -0.3 is 9.84 Å². The second-order valence-corrected chi connectivity index (χ2v) is 9.37. The number of halogens is 2. The minimum atomic E-state index is -1.06. The number of ether oxygens (including phenoxy) is 1. The van der Waals surface area contributed by atoms with Crippen molar-refractivity contribution >= 4 is 35.1 Å². The molecular formula is C20H25Cl2NO4. The third-order valence-corrected chi connectivity index (χ3v) is 6.66. The van der Waals surface area contributed by atoms with E-state index in [0.29, 0.717) is 29.3 Å². The van der Waals surface area contributed by atoms with Crippen LogP contribution in [0.25, 0.3) is 0 Å². The molecule has 1 aliphatic heterocycles. The summed E-state index contributed by atoms with van der Waals surface area (Å²) in [5, 5.41) is 10.3. The first-order chi connectivity index (χ1) is 12.5. The van der Waals surface area contributed by atoms with Crippen molar-refractivity contribution in [3.8, 4) is 0 Å². The number of carbonyl (C=O) groups excluding carboxylic acids is 1. The van der Waals surface area contributed by atoms with Gasteiger partial charge in [-0.25, -0.2) is 4.79 Å². The van der Waals surface area contributed by atoms with E-state index < -0.39 is 17.7 Å². The molecule has 5 nitrogen and oxygen atoms in total. The Morgan fingerprint density at radius 2 is 1.81 bits per heavy atom. The van der Waals surface area contributed by atoms with Gasteiger partial charge in [-0.15, -0.1) is 0 Å². The first-order valence-electron chi connectivity index (χ1n) is 9.21. The SMILES string of the molecule is CC(C)(C)C1CCC2(CC1)OC[C@H](C(=O)O)N2C(=O)c1ccc(Cl)c(Cl)c1. The summed E-state index contributed by atoms with van der Waals surface area (Å²) in [7, 11) is 0. The molecule has 0 unspecified atom stereocenters. The number of carboxylic acids is 1. The maximum absolute atomic E-state index is 13.3. The fourth-order valence-electron chi connectivity index (χ4n) is 4.26. The van der Waals surface area contributed by atoms with E-state index in [9.17, 15) is 14.7 Å². The lowest BCUT2D eigenvalue weighted by molar-refractivity contribution is -0.144. The van der Waals surface area contributed by atoms with Crippen molar-refractivity contribution in [2.24, 2.45) is 11.3 Å². The number of amides is 1. The zero-order valence-corrected chi connectivity index (χ0v) is 17.3. The smallest absolute Gasteiger partial charge is 0.328 e. The van der Waals surface area contributed by atoms with Gasteiger partial charge in [-0.1, -0.05) is 44.0 Å². The molecule has 1 aliphatic carbocycles. The normalized spacial score (nSPS) is 28.6. The second-order valence-electron chi connectivity index (χ2n) is 8.56. The van der Waals surface area contributed by atoms with Crippen molar-refractivity contribution < 1.29 is 19.4 Å². The van der Waals surface area contributed by atoms with Crippen molar-refractivity contribution in [2.75, 3.05) is 6.61 Å². The molecule has 27 heavy (non-hydrogen) atoms. The third-order valence-electron chi connectivity index (χ3n) is 5.92. The van der Waals surface area contributed by atoms with E-state index in [2.05, 4.69) is 20.8 Å². The van der Waals surface area contributed by atoms with Crippen molar-refractivity contribution in [3.05, 3.63) is 33.8 Å². The molecule has 1 spiro atoms. The number of aliphatic carboxylic acids is 1. The summed E-state index contributed by atoms with van der Waals surface area (Å²) >= 11 is 12.0. The summed E-state index contributed by atoms with van der Waals surface area (Å²) < 4.78 is 5.99. The van der Waals surface area contributed by atoms with Gasteiger partial charge in [0.1, 0.15) is 5.72 Å². The molecule has 1 saturated carbocycles. The molecule has 0 bridgehead atoms. The van der Waals surface area contributed by atoms with Crippen LogP contribution < -0.4 is 0 Å². The summed E-state index contributed by atoms with van der Waals surface area (Å²) in [4.78, 5) is 26.5. The number of hydrogen-bond donors (Lipinski definition) is 1. The average molecular weight is 414 g/mol. The van der Waals surface area contributed by atoms with Crippen molar-refractivity contribution in [3.63, 3.8) is 0 Å². The van der Waals surface area contributed by atoms with Crippen LogP contribution in [0, 0.1) is 11.3 Å². The van der Waals surface area contributed by atoms with Crippen LogP contribution in [0.4, 0.5) is 0 Å². The molecule has 1 aromatic carbocycles. The Morgan fingerprint density at radius 1 is 1.19 bits per heavy atom. The third kappa shape index (κ3) is 3.82. The second kappa shape index (κ2) is 7.26. The minimum absolute atomic E-state index is 0.00256. The standard InChI is InChI=1S/C20H25Cl2NO4/c1-19(2,3)13-6-8-20(9-7-13)23(16(11-27-20)18(25)26)17(24)12-4-5-14(21)15(22)10-12/h4-5,10,13,16H,6-9,11H2,1-3H3,(H,25,26)/t13?,16-,20?/m1/s1. The Labute approximate surface area is 169 Å². The van der Waals surface area contributed by atoms with Crippen LogP contribution in [0.3, 0.4) is 0 Å². The van der Waals surface area contributed by atoms with Gasteiger partial charge in [0.2, 0.25) is 0 Å². The van der Waals surface area contributed by atoms with E-state index in [4.69, 9.17) is 27.9 Å². The number of rotatable bonds is 2. The minimum Gasteiger partial charge on any atom is -0.480 e. The van der Waals surface area contributed by atoms with Crippen LogP contribution in [0.5, 0.6) is 0 Å². The number of carboxylic acid groups (broad SMARTS) is 1. The highest BCUT2D eigenvalue weighted by Gasteiger charge is 2.54. The topological polar surface area (TPSA) is 66.8 Å². The lowest BCUT2D eigenvalue weighted by Crippen LogP contribution is -2.55.